The molecular formula is C14H15N3O2. The first-order chi connectivity index (χ1) is 9.21. The highest BCUT2D eigenvalue weighted by molar-refractivity contribution is 5.68. The monoisotopic (exact) mass is 257 g/mol. The summed E-state index contributed by atoms with van der Waals surface area (Å²) >= 11 is 0. The summed E-state index contributed by atoms with van der Waals surface area (Å²) in [5.74, 6) is 1.46. The molecule has 98 valence electrons. The second kappa shape index (κ2) is 5.86. The van der Waals surface area contributed by atoms with Crippen molar-refractivity contribution in [2.45, 2.75) is 0 Å². The Hall–Kier alpha value is -2.56. The van der Waals surface area contributed by atoms with E-state index in [1.807, 2.05) is 36.4 Å². The van der Waals surface area contributed by atoms with Gasteiger partial charge in [0.2, 0.25) is 11.8 Å². The first-order valence-electron chi connectivity index (χ1n) is 5.72. The van der Waals surface area contributed by atoms with Crippen molar-refractivity contribution in [1.82, 2.24) is 9.97 Å². The molecule has 0 aliphatic carbocycles. The van der Waals surface area contributed by atoms with Gasteiger partial charge in [0.05, 0.1) is 19.9 Å². The number of nitrogens with zero attached hydrogens (tertiary/aromatic N) is 2. The number of aromatic nitrogens is 2. The summed E-state index contributed by atoms with van der Waals surface area (Å²) in [7, 11) is 3.18. The predicted octanol–water partition coefficient (Wildman–Crippen LogP) is 2.25. The molecule has 1 aromatic heterocycles. The van der Waals surface area contributed by atoms with Crippen LogP contribution in [-0.4, -0.2) is 24.2 Å². The molecule has 0 saturated heterocycles. The van der Waals surface area contributed by atoms with E-state index >= 15 is 0 Å². The Labute approximate surface area is 111 Å². The van der Waals surface area contributed by atoms with E-state index in [0.29, 0.717) is 11.6 Å². The molecular weight excluding hydrogens is 242 g/mol. The summed E-state index contributed by atoms with van der Waals surface area (Å²) in [4.78, 5) is 8.03. The van der Waals surface area contributed by atoms with Crippen molar-refractivity contribution in [3.8, 4) is 11.6 Å². The summed E-state index contributed by atoms with van der Waals surface area (Å²) in [6, 6.07) is 9.42. The van der Waals surface area contributed by atoms with Crippen molar-refractivity contribution in [2.75, 3.05) is 20.0 Å². The SMILES string of the molecule is COc1ccc(/C=C/c2cc(OC)nc(N)n2)cc1. The third-order valence-corrected chi connectivity index (χ3v) is 2.51. The Kier molecular flexibility index (Phi) is 3.97. The highest BCUT2D eigenvalue weighted by Gasteiger charge is 1.99. The highest BCUT2D eigenvalue weighted by atomic mass is 16.5. The smallest absolute Gasteiger partial charge is 0.223 e. The van der Waals surface area contributed by atoms with Gasteiger partial charge in [-0.25, -0.2) is 4.98 Å². The maximum atomic E-state index is 5.59. The van der Waals surface area contributed by atoms with E-state index in [1.54, 1.807) is 20.3 Å². The van der Waals surface area contributed by atoms with Crippen LogP contribution in [0.2, 0.25) is 0 Å². The molecule has 1 heterocycles. The maximum absolute atomic E-state index is 5.59. The van der Waals surface area contributed by atoms with E-state index in [2.05, 4.69) is 9.97 Å². The zero-order valence-corrected chi connectivity index (χ0v) is 10.8. The van der Waals surface area contributed by atoms with Crippen LogP contribution in [0.25, 0.3) is 12.2 Å². The number of rotatable bonds is 4. The Morgan fingerprint density at radius 1 is 1.00 bits per heavy atom. The predicted molar refractivity (Wildman–Crippen MR) is 74.9 cm³/mol. The standard InChI is InChI=1S/C14H15N3O2/c1-18-12-7-4-10(5-8-12)3-6-11-9-13(19-2)17-14(15)16-11/h3-9H,1-2H3,(H2,15,16,17)/b6-3+. The lowest BCUT2D eigenvalue weighted by atomic mass is 10.2. The van der Waals surface area contributed by atoms with E-state index in [-0.39, 0.29) is 5.95 Å². The fourth-order valence-electron chi connectivity index (χ4n) is 1.55. The molecule has 0 bridgehead atoms. The lowest BCUT2D eigenvalue weighted by Crippen LogP contribution is -1.98. The van der Waals surface area contributed by atoms with Crippen LogP contribution in [0.4, 0.5) is 5.95 Å². The van der Waals surface area contributed by atoms with E-state index in [4.69, 9.17) is 15.2 Å². The van der Waals surface area contributed by atoms with Gasteiger partial charge >= 0.3 is 0 Å². The van der Waals surface area contributed by atoms with E-state index in [9.17, 15) is 0 Å². The van der Waals surface area contributed by atoms with Gasteiger partial charge in [0.1, 0.15) is 5.75 Å². The van der Waals surface area contributed by atoms with Crippen LogP contribution in [0.3, 0.4) is 0 Å². The van der Waals surface area contributed by atoms with Crippen molar-refractivity contribution < 1.29 is 9.47 Å². The molecule has 0 atom stereocenters. The molecule has 0 aliphatic heterocycles. The second-order valence-electron chi connectivity index (χ2n) is 3.80. The molecule has 5 nitrogen and oxygen atoms in total. The van der Waals surface area contributed by atoms with Crippen molar-refractivity contribution in [1.29, 1.82) is 0 Å². The summed E-state index contributed by atoms with van der Waals surface area (Å²) < 4.78 is 10.1. The van der Waals surface area contributed by atoms with E-state index in [0.717, 1.165) is 11.3 Å². The Morgan fingerprint density at radius 3 is 2.37 bits per heavy atom. The van der Waals surface area contributed by atoms with Crippen LogP contribution < -0.4 is 15.2 Å². The summed E-state index contributed by atoms with van der Waals surface area (Å²) in [6.45, 7) is 0. The number of nitrogen functional groups attached to an aromatic ring is 1. The molecule has 1 aromatic carbocycles. The number of hydrogen-bond acceptors (Lipinski definition) is 5. The van der Waals surface area contributed by atoms with Gasteiger partial charge in [-0.2, -0.15) is 4.98 Å². The maximum Gasteiger partial charge on any atom is 0.223 e. The van der Waals surface area contributed by atoms with E-state index in [1.165, 1.54) is 0 Å². The van der Waals surface area contributed by atoms with Gasteiger partial charge in [0.25, 0.3) is 0 Å². The lowest BCUT2D eigenvalue weighted by molar-refractivity contribution is 0.397. The first kappa shape index (κ1) is 12.9. The molecule has 2 rings (SSSR count). The number of ether oxygens (including phenoxy) is 2. The molecule has 2 aromatic rings. The average Bonchev–Trinajstić information content (AvgIpc) is 2.45. The zero-order chi connectivity index (χ0) is 13.7. The molecule has 5 heteroatoms. The molecule has 0 amide bonds. The van der Waals surface area contributed by atoms with Crippen molar-refractivity contribution in [2.24, 2.45) is 0 Å². The van der Waals surface area contributed by atoms with Gasteiger partial charge in [-0.3, -0.25) is 0 Å². The molecule has 0 fully saturated rings. The third kappa shape index (κ3) is 3.45. The minimum Gasteiger partial charge on any atom is -0.497 e. The van der Waals surface area contributed by atoms with Crippen molar-refractivity contribution >= 4 is 18.1 Å². The quantitative estimate of drug-likeness (QED) is 0.909. The highest BCUT2D eigenvalue weighted by Crippen LogP contribution is 2.15. The average molecular weight is 257 g/mol. The molecule has 0 spiro atoms. The summed E-state index contributed by atoms with van der Waals surface area (Å²) in [5, 5.41) is 0. The lowest BCUT2D eigenvalue weighted by Gasteiger charge is -2.01. The summed E-state index contributed by atoms with van der Waals surface area (Å²) in [6.07, 6.45) is 3.78. The molecule has 0 radical (unpaired) electrons. The minimum absolute atomic E-state index is 0.189. The molecule has 19 heavy (non-hydrogen) atoms. The number of benzene rings is 1. The van der Waals surface area contributed by atoms with Crippen LogP contribution in [0, 0.1) is 0 Å². The van der Waals surface area contributed by atoms with Crippen molar-refractivity contribution in [3.63, 3.8) is 0 Å². The largest absolute Gasteiger partial charge is 0.497 e. The fourth-order valence-corrected chi connectivity index (χ4v) is 1.55. The van der Waals surface area contributed by atoms with E-state index < -0.39 is 0 Å². The third-order valence-electron chi connectivity index (χ3n) is 2.51. The van der Waals surface area contributed by atoms with Gasteiger partial charge in [0.15, 0.2) is 0 Å². The topological polar surface area (TPSA) is 70.3 Å². The summed E-state index contributed by atoms with van der Waals surface area (Å²) in [5.41, 5.74) is 7.32. The fraction of sp³-hybridized carbons (Fsp3) is 0.143. The van der Waals surface area contributed by atoms with Gasteiger partial charge in [-0.15, -0.1) is 0 Å². The number of nitrogens with two attached hydrogens (primary N) is 1. The minimum atomic E-state index is 0.189. The molecule has 0 unspecified atom stereocenters. The van der Waals surface area contributed by atoms with Crippen LogP contribution in [0.15, 0.2) is 30.3 Å². The number of hydrogen-bond donors (Lipinski definition) is 1. The Balaban J connectivity index is 2.19. The first-order valence-corrected chi connectivity index (χ1v) is 5.72. The molecule has 0 aliphatic rings. The van der Waals surface area contributed by atoms with Gasteiger partial charge in [-0.1, -0.05) is 18.2 Å². The van der Waals surface area contributed by atoms with Gasteiger partial charge in [0, 0.05) is 6.07 Å². The van der Waals surface area contributed by atoms with Gasteiger partial charge < -0.3 is 15.2 Å². The zero-order valence-electron chi connectivity index (χ0n) is 10.8. The number of anilines is 1. The normalized spacial score (nSPS) is 10.6. The Morgan fingerprint density at radius 2 is 1.74 bits per heavy atom. The Bertz CT molecular complexity index is 580. The van der Waals surface area contributed by atoms with Crippen LogP contribution in [-0.2, 0) is 0 Å². The molecule has 2 N–H and O–H groups in total. The van der Waals surface area contributed by atoms with Crippen LogP contribution in [0.5, 0.6) is 11.6 Å². The van der Waals surface area contributed by atoms with Crippen LogP contribution in [0.1, 0.15) is 11.3 Å². The van der Waals surface area contributed by atoms with Crippen LogP contribution >= 0.6 is 0 Å². The molecule has 0 saturated carbocycles. The second-order valence-corrected chi connectivity index (χ2v) is 3.80. The van der Waals surface area contributed by atoms with Crippen molar-refractivity contribution in [3.05, 3.63) is 41.6 Å². The number of methoxy groups -OCH3 is 2. The van der Waals surface area contributed by atoms with Gasteiger partial charge in [-0.05, 0) is 23.8 Å².